The standard InChI is InChI=1S/C50H80N4/c1-4-6-8-10-12-14-16-18-20-22-24-26-28-30-32-34-36-45(37-35-33-31-29-27-25-23-21-19-17-15-13-11-9-7-5-2)38-39-46-49(42-53)47(40-51)44(3)48(41-52)50(46)43-54/h39,45H,3-38H2,1-2H3. The smallest absolute Gasteiger partial charge is 0.101 e. The van der Waals surface area contributed by atoms with Gasteiger partial charge in [0.1, 0.15) is 24.3 Å². The van der Waals surface area contributed by atoms with Gasteiger partial charge in [-0.1, -0.05) is 245 Å². The molecule has 0 atom stereocenters. The predicted octanol–water partition coefficient (Wildman–Crippen LogP) is 14.7. The first kappa shape index (κ1) is 48.9. The summed E-state index contributed by atoms with van der Waals surface area (Å²) in [5.41, 5.74) is 0.598. The molecule has 0 fully saturated rings. The molecule has 0 heterocycles. The predicted molar refractivity (Wildman–Crippen MR) is 231 cm³/mol. The van der Waals surface area contributed by atoms with Gasteiger partial charge in [0.05, 0.1) is 22.3 Å². The van der Waals surface area contributed by atoms with Crippen LogP contribution in [0.5, 0.6) is 0 Å². The summed E-state index contributed by atoms with van der Waals surface area (Å²) in [6.45, 7) is 8.44. The molecule has 0 amide bonds. The Morgan fingerprint density at radius 3 is 0.870 bits per heavy atom. The number of hydrogen-bond donors (Lipinski definition) is 0. The van der Waals surface area contributed by atoms with E-state index in [-0.39, 0.29) is 27.5 Å². The second-order valence-corrected chi connectivity index (χ2v) is 16.3. The summed E-state index contributed by atoms with van der Waals surface area (Å²) in [7, 11) is 0. The summed E-state index contributed by atoms with van der Waals surface area (Å²) >= 11 is 0. The summed E-state index contributed by atoms with van der Waals surface area (Å²) in [4.78, 5) is 0. The molecule has 1 aromatic carbocycles. The SMILES string of the molecule is C=c1c(C#N)c(C#N)c(=CCC(CCCCCCCCCCCCCCCCCC)CCCCCCCCCCCCCCCCCC)c(C#N)c1C#N. The van der Waals surface area contributed by atoms with Crippen LogP contribution in [0, 0.1) is 51.2 Å². The lowest BCUT2D eigenvalue weighted by molar-refractivity contribution is 0.410. The number of benzene rings is 1. The molecule has 0 unspecified atom stereocenters. The van der Waals surface area contributed by atoms with Crippen molar-refractivity contribution in [3.05, 3.63) is 32.7 Å². The fourth-order valence-corrected chi connectivity index (χ4v) is 8.13. The summed E-state index contributed by atoms with van der Waals surface area (Å²) in [5, 5.41) is 40.2. The maximum atomic E-state index is 9.98. The van der Waals surface area contributed by atoms with Crippen molar-refractivity contribution < 1.29 is 0 Å². The molecule has 0 aromatic heterocycles. The highest BCUT2D eigenvalue weighted by Gasteiger charge is 2.17. The number of nitrogens with zero attached hydrogens (tertiary/aromatic N) is 4. The molecule has 0 saturated carbocycles. The Balaban J connectivity index is 2.52. The van der Waals surface area contributed by atoms with Crippen molar-refractivity contribution in [2.75, 3.05) is 0 Å². The van der Waals surface area contributed by atoms with Crippen molar-refractivity contribution in [3.63, 3.8) is 0 Å². The molecular formula is C50H80N4. The number of rotatable bonds is 36. The number of nitriles is 4. The molecule has 0 aliphatic heterocycles. The third-order valence-electron chi connectivity index (χ3n) is 11.7. The fraction of sp³-hybridized carbons (Fsp3) is 0.760. The third-order valence-corrected chi connectivity index (χ3v) is 11.7. The van der Waals surface area contributed by atoms with Gasteiger partial charge in [-0.2, -0.15) is 21.0 Å². The Kier molecular flexibility index (Phi) is 32.3. The molecule has 300 valence electrons. The molecule has 0 spiro atoms. The van der Waals surface area contributed by atoms with Crippen molar-refractivity contribution in [3.8, 4) is 24.3 Å². The molecule has 0 bridgehead atoms. The Bertz CT molecular complexity index is 1270. The van der Waals surface area contributed by atoms with Gasteiger partial charge in [-0.05, 0) is 12.3 Å². The number of hydrogen-bond acceptors (Lipinski definition) is 4. The molecule has 1 rings (SSSR count). The molecule has 1 aromatic rings. The van der Waals surface area contributed by atoms with Gasteiger partial charge in [-0.15, -0.1) is 0 Å². The minimum absolute atomic E-state index is 0.117. The van der Waals surface area contributed by atoms with E-state index >= 15 is 0 Å². The van der Waals surface area contributed by atoms with Crippen molar-refractivity contribution in [2.24, 2.45) is 5.92 Å². The van der Waals surface area contributed by atoms with Gasteiger partial charge in [0.25, 0.3) is 0 Å². The van der Waals surface area contributed by atoms with Gasteiger partial charge >= 0.3 is 0 Å². The summed E-state index contributed by atoms with van der Waals surface area (Å²) < 4.78 is 0. The normalized spacial score (nSPS) is 10.9. The molecular weight excluding hydrogens is 657 g/mol. The molecule has 0 N–H and O–H groups in total. The summed E-state index contributed by atoms with van der Waals surface area (Å²) in [5.74, 6) is 0.469. The van der Waals surface area contributed by atoms with E-state index in [1.54, 1.807) is 0 Å². The fourth-order valence-electron chi connectivity index (χ4n) is 8.13. The van der Waals surface area contributed by atoms with Crippen LogP contribution in [0.4, 0.5) is 0 Å². The minimum atomic E-state index is 0.117. The van der Waals surface area contributed by atoms with Gasteiger partial charge in [-0.3, -0.25) is 0 Å². The largest absolute Gasteiger partial charge is 0.192 e. The molecule has 4 nitrogen and oxygen atoms in total. The molecule has 0 radical (unpaired) electrons. The van der Waals surface area contributed by atoms with Gasteiger partial charge in [0.2, 0.25) is 0 Å². The first-order valence-electron chi connectivity index (χ1n) is 23.1. The maximum absolute atomic E-state index is 9.98. The monoisotopic (exact) mass is 737 g/mol. The van der Waals surface area contributed by atoms with E-state index in [9.17, 15) is 21.0 Å². The maximum Gasteiger partial charge on any atom is 0.101 e. The van der Waals surface area contributed by atoms with Crippen LogP contribution in [-0.4, -0.2) is 0 Å². The van der Waals surface area contributed by atoms with E-state index in [2.05, 4.69) is 44.7 Å². The van der Waals surface area contributed by atoms with E-state index in [1.165, 1.54) is 205 Å². The van der Waals surface area contributed by atoms with Crippen LogP contribution in [0.3, 0.4) is 0 Å². The molecule has 4 heteroatoms. The Morgan fingerprint density at radius 1 is 0.389 bits per heavy atom. The van der Waals surface area contributed by atoms with Gasteiger partial charge in [-0.25, -0.2) is 0 Å². The number of unbranched alkanes of at least 4 members (excludes halogenated alkanes) is 30. The van der Waals surface area contributed by atoms with E-state index in [0.717, 1.165) is 19.3 Å². The zero-order valence-electron chi connectivity index (χ0n) is 35.4. The van der Waals surface area contributed by atoms with Crippen LogP contribution in [0.2, 0.25) is 0 Å². The second kappa shape index (κ2) is 35.6. The molecule has 54 heavy (non-hydrogen) atoms. The van der Waals surface area contributed by atoms with Crippen LogP contribution >= 0.6 is 0 Å². The van der Waals surface area contributed by atoms with E-state index in [0.29, 0.717) is 11.1 Å². The van der Waals surface area contributed by atoms with E-state index in [1.807, 2.05) is 6.08 Å². The van der Waals surface area contributed by atoms with E-state index in [4.69, 9.17) is 0 Å². The Hall–Kier alpha value is -3.08. The Morgan fingerprint density at radius 2 is 0.630 bits per heavy atom. The second-order valence-electron chi connectivity index (χ2n) is 16.3. The van der Waals surface area contributed by atoms with Crippen molar-refractivity contribution >= 4 is 12.7 Å². The quantitative estimate of drug-likeness (QED) is 0.0641. The molecule has 0 saturated heterocycles. The minimum Gasteiger partial charge on any atom is -0.192 e. The van der Waals surface area contributed by atoms with Gasteiger partial charge in [0, 0.05) is 10.4 Å². The van der Waals surface area contributed by atoms with Crippen LogP contribution < -0.4 is 10.4 Å². The molecule has 0 aliphatic rings. The first-order valence-corrected chi connectivity index (χ1v) is 23.1. The van der Waals surface area contributed by atoms with Crippen LogP contribution in [0.1, 0.15) is 261 Å². The van der Waals surface area contributed by atoms with Gasteiger partial charge < -0.3 is 0 Å². The third kappa shape index (κ3) is 23.0. The first-order chi connectivity index (χ1) is 26.6. The van der Waals surface area contributed by atoms with Gasteiger partial charge in [0.15, 0.2) is 0 Å². The van der Waals surface area contributed by atoms with Crippen molar-refractivity contribution in [1.29, 1.82) is 21.0 Å². The van der Waals surface area contributed by atoms with Crippen LogP contribution in [0.15, 0.2) is 0 Å². The average molecular weight is 737 g/mol. The van der Waals surface area contributed by atoms with Crippen molar-refractivity contribution in [2.45, 2.75) is 239 Å². The summed E-state index contributed by atoms with van der Waals surface area (Å²) in [6.07, 6.45) is 48.7. The summed E-state index contributed by atoms with van der Waals surface area (Å²) in [6, 6.07) is 8.46. The van der Waals surface area contributed by atoms with Crippen LogP contribution in [0.25, 0.3) is 12.7 Å². The lowest BCUT2D eigenvalue weighted by atomic mass is 9.89. The highest BCUT2D eigenvalue weighted by Crippen LogP contribution is 2.24. The lowest BCUT2D eigenvalue weighted by Gasteiger charge is -2.16. The molecule has 0 aliphatic carbocycles. The lowest BCUT2D eigenvalue weighted by Crippen LogP contribution is -2.26. The average Bonchev–Trinajstić information content (AvgIpc) is 3.18. The van der Waals surface area contributed by atoms with Crippen molar-refractivity contribution in [1.82, 2.24) is 0 Å². The highest BCUT2D eigenvalue weighted by molar-refractivity contribution is 5.61. The van der Waals surface area contributed by atoms with Crippen LogP contribution in [-0.2, 0) is 0 Å². The zero-order valence-corrected chi connectivity index (χ0v) is 35.4. The van der Waals surface area contributed by atoms with E-state index < -0.39 is 0 Å². The zero-order chi connectivity index (χ0) is 39.3. The Labute approximate surface area is 334 Å². The topological polar surface area (TPSA) is 95.2 Å². The highest BCUT2D eigenvalue weighted by atomic mass is 14.3.